The third kappa shape index (κ3) is 8.86. The Morgan fingerprint density at radius 2 is 1.38 bits per heavy atom. The second-order valence-electron chi connectivity index (χ2n) is 5.13. The van der Waals surface area contributed by atoms with Gasteiger partial charge in [-0.3, -0.25) is 0 Å². The molecule has 0 radical (unpaired) electrons. The van der Waals surface area contributed by atoms with Crippen LogP contribution in [0.2, 0.25) is 0 Å². The lowest BCUT2D eigenvalue weighted by Crippen LogP contribution is -2.24. The zero-order valence-corrected chi connectivity index (χ0v) is 17.2. The molecular formula is C16H20O4S4. The minimum absolute atomic E-state index is 0.0698. The van der Waals surface area contributed by atoms with Gasteiger partial charge in [0.2, 0.25) is 8.77 Å². The lowest BCUT2D eigenvalue weighted by Gasteiger charge is -2.18. The Bertz CT molecular complexity index is 536. The molecule has 1 rings (SSSR count). The first-order valence-electron chi connectivity index (χ1n) is 7.29. The van der Waals surface area contributed by atoms with Crippen molar-refractivity contribution < 1.29 is 19.0 Å². The number of hydrogen-bond donors (Lipinski definition) is 0. The molecule has 0 aliphatic rings. The van der Waals surface area contributed by atoms with E-state index in [0.29, 0.717) is 5.75 Å². The summed E-state index contributed by atoms with van der Waals surface area (Å²) in [6.45, 7) is 7.46. The quantitative estimate of drug-likeness (QED) is 0.290. The highest BCUT2D eigenvalue weighted by Crippen LogP contribution is 2.30. The number of para-hydroxylation sites is 1. The second kappa shape index (κ2) is 10.9. The first-order chi connectivity index (χ1) is 11.3. The Labute approximate surface area is 162 Å². The Morgan fingerprint density at radius 3 is 1.79 bits per heavy atom. The number of rotatable bonds is 6. The first-order valence-corrected chi connectivity index (χ1v) is 9.86. The molecule has 1 aromatic carbocycles. The number of carbonyl (C=O) groups excluding carboxylic acids is 1. The number of hydrogen-bond acceptors (Lipinski definition) is 8. The first kappa shape index (κ1) is 21.2. The van der Waals surface area contributed by atoms with Gasteiger partial charge in [0.15, 0.2) is 4.58 Å². The summed E-state index contributed by atoms with van der Waals surface area (Å²) in [5, 5.41) is 0. The van der Waals surface area contributed by atoms with E-state index in [1.165, 1.54) is 0 Å². The predicted molar refractivity (Wildman–Crippen MR) is 109 cm³/mol. The fraction of sp³-hybridized carbons (Fsp3) is 0.438. The Morgan fingerprint density at radius 1 is 0.917 bits per heavy atom. The molecule has 0 amide bonds. The van der Waals surface area contributed by atoms with Gasteiger partial charge in [-0.15, -0.1) is 0 Å². The third-order valence-corrected chi connectivity index (χ3v) is 4.96. The van der Waals surface area contributed by atoms with Crippen LogP contribution in [-0.2, 0) is 14.3 Å². The van der Waals surface area contributed by atoms with E-state index in [0.717, 1.165) is 23.5 Å². The van der Waals surface area contributed by atoms with E-state index in [1.54, 1.807) is 24.3 Å². The molecule has 132 valence electrons. The SMILES string of the molecule is CC(C)OC(=S)SC(SC(=S)OC(C)C)C(=O)Oc1ccccc1. The van der Waals surface area contributed by atoms with E-state index in [2.05, 4.69) is 0 Å². The normalized spacial score (nSPS) is 10.8. The lowest BCUT2D eigenvalue weighted by molar-refractivity contribution is -0.132. The molecule has 1 aromatic rings. The van der Waals surface area contributed by atoms with Crippen LogP contribution in [0.15, 0.2) is 30.3 Å². The molecule has 24 heavy (non-hydrogen) atoms. The van der Waals surface area contributed by atoms with E-state index >= 15 is 0 Å². The molecule has 4 nitrogen and oxygen atoms in total. The molecule has 0 unspecified atom stereocenters. The van der Waals surface area contributed by atoms with Crippen LogP contribution in [0, 0.1) is 0 Å². The summed E-state index contributed by atoms with van der Waals surface area (Å²) in [4.78, 5) is 12.5. The summed E-state index contributed by atoms with van der Waals surface area (Å²) in [5.74, 6) is -0.0132. The van der Waals surface area contributed by atoms with Crippen LogP contribution in [0.4, 0.5) is 0 Å². The molecule has 0 atom stereocenters. The van der Waals surface area contributed by atoms with Gasteiger partial charge in [-0.1, -0.05) is 18.2 Å². The zero-order valence-electron chi connectivity index (χ0n) is 13.9. The molecule has 0 heterocycles. The molecule has 0 saturated heterocycles. The van der Waals surface area contributed by atoms with Gasteiger partial charge in [0.25, 0.3) is 0 Å². The molecule has 0 bridgehead atoms. The number of thioether (sulfide) groups is 2. The van der Waals surface area contributed by atoms with Crippen LogP contribution in [0.5, 0.6) is 5.75 Å². The number of carbonyl (C=O) groups is 1. The maximum atomic E-state index is 12.5. The average Bonchev–Trinajstić information content (AvgIpc) is 2.45. The highest BCUT2D eigenvalue weighted by molar-refractivity contribution is 8.36. The summed E-state index contributed by atoms with van der Waals surface area (Å²) in [6, 6.07) is 8.83. The zero-order chi connectivity index (χ0) is 18.1. The highest BCUT2D eigenvalue weighted by atomic mass is 32.2. The predicted octanol–water partition coefficient (Wildman–Crippen LogP) is 4.80. The number of ether oxygens (including phenoxy) is 3. The van der Waals surface area contributed by atoms with E-state index in [1.807, 2.05) is 33.8 Å². The van der Waals surface area contributed by atoms with E-state index < -0.39 is 10.6 Å². The average molecular weight is 405 g/mol. The molecule has 0 aromatic heterocycles. The molecule has 0 fully saturated rings. The number of esters is 1. The van der Waals surface area contributed by atoms with Crippen LogP contribution in [0.1, 0.15) is 27.7 Å². The fourth-order valence-electron chi connectivity index (χ4n) is 1.39. The van der Waals surface area contributed by atoms with Crippen LogP contribution >= 0.6 is 48.0 Å². The van der Waals surface area contributed by atoms with E-state index in [4.69, 9.17) is 38.6 Å². The molecule has 0 aliphatic carbocycles. The van der Waals surface area contributed by atoms with Crippen LogP contribution in [-0.4, -0.2) is 31.5 Å². The van der Waals surface area contributed by atoms with Crippen LogP contribution < -0.4 is 4.74 Å². The van der Waals surface area contributed by atoms with Crippen molar-refractivity contribution in [1.29, 1.82) is 0 Å². The smallest absolute Gasteiger partial charge is 0.335 e. The molecule has 0 spiro atoms. The van der Waals surface area contributed by atoms with Gasteiger partial charge in [0, 0.05) is 0 Å². The van der Waals surface area contributed by atoms with Gasteiger partial charge < -0.3 is 14.2 Å². The van der Waals surface area contributed by atoms with Crippen molar-refractivity contribution in [1.82, 2.24) is 0 Å². The van der Waals surface area contributed by atoms with Crippen molar-refractivity contribution >= 4 is 62.7 Å². The van der Waals surface area contributed by atoms with Gasteiger partial charge in [-0.25, -0.2) is 4.79 Å². The maximum Gasteiger partial charge on any atom is 0.335 e. The van der Waals surface area contributed by atoms with Gasteiger partial charge in [0.05, 0.1) is 12.2 Å². The summed E-state index contributed by atoms with van der Waals surface area (Å²) in [5.41, 5.74) is 0. The Balaban J connectivity index is 2.76. The summed E-state index contributed by atoms with van der Waals surface area (Å²) >= 11 is 12.5. The molecule has 0 aliphatic heterocycles. The standard InChI is InChI=1S/C16H20O4S4/c1-10(2)18-15(21)23-14(24-16(22)19-11(3)4)13(17)20-12-8-6-5-7-9-12/h5-11,14H,1-4H3. The van der Waals surface area contributed by atoms with Gasteiger partial charge in [0.1, 0.15) is 5.75 Å². The van der Waals surface area contributed by atoms with Crippen LogP contribution in [0.25, 0.3) is 0 Å². The largest absolute Gasteiger partial charge is 0.476 e. The van der Waals surface area contributed by atoms with Crippen molar-refractivity contribution in [2.75, 3.05) is 0 Å². The minimum Gasteiger partial charge on any atom is -0.476 e. The maximum absolute atomic E-state index is 12.5. The summed E-state index contributed by atoms with van der Waals surface area (Å²) in [6.07, 6.45) is -0.140. The monoisotopic (exact) mass is 404 g/mol. The topological polar surface area (TPSA) is 44.8 Å². The summed E-state index contributed by atoms with van der Waals surface area (Å²) in [7, 11) is 0. The number of benzene rings is 1. The van der Waals surface area contributed by atoms with Crippen molar-refractivity contribution in [3.05, 3.63) is 30.3 Å². The molecule has 8 heteroatoms. The molecular weight excluding hydrogens is 384 g/mol. The fourth-order valence-corrected chi connectivity index (χ4v) is 4.57. The van der Waals surface area contributed by atoms with Crippen molar-refractivity contribution in [2.24, 2.45) is 0 Å². The van der Waals surface area contributed by atoms with Crippen molar-refractivity contribution in [3.63, 3.8) is 0 Å². The Hall–Kier alpha value is -0.830. The van der Waals surface area contributed by atoms with E-state index in [9.17, 15) is 4.79 Å². The van der Waals surface area contributed by atoms with Crippen molar-refractivity contribution in [2.45, 2.75) is 44.5 Å². The summed E-state index contributed by atoms with van der Waals surface area (Å²) < 4.78 is 16.1. The van der Waals surface area contributed by atoms with Gasteiger partial charge in [-0.2, -0.15) is 0 Å². The molecule has 0 saturated carbocycles. The third-order valence-electron chi connectivity index (χ3n) is 2.22. The second-order valence-corrected chi connectivity index (χ2v) is 8.85. The lowest BCUT2D eigenvalue weighted by atomic mass is 10.3. The minimum atomic E-state index is -0.706. The van der Waals surface area contributed by atoms with E-state index in [-0.39, 0.29) is 21.0 Å². The van der Waals surface area contributed by atoms with Gasteiger partial charge in [-0.05, 0) is 87.8 Å². The van der Waals surface area contributed by atoms with Gasteiger partial charge >= 0.3 is 5.97 Å². The Kier molecular flexibility index (Phi) is 9.65. The molecule has 0 N–H and O–H groups in total. The highest BCUT2D eigenvalue weighted by Gasteiger charge is 2.27. The number of thiocarbonyl (C=S) groups is 2. The van der Waals surface area contributed by atoms with Crippen molar-refractivity contribution in [3.8, 4) is 5.75 Å². The van der Waals surface area contributed by atoms with Crippen LogP contribution in [0.3, 0.4) is 0 Å².